The van der Waals surface area contributed by atoms with Gasteiger partial charge in [-0.2, -0.15) is 0 Å². The lowest BCUT2D eigenvalue weighted by molar-refractivity contribution is 0.105. The molecule has 1 aromatic heterocycles. The minimum absolute atomic E-state index is 0.0910. The maximum absolute atomic E-state index is 12.0. The first kappa shape index (κ1) is 14.6. The molecular formula is C15H13ClO3S. The summed E-state index contributed by atoms with van der Waals surface area (Å²) in [7, 11) is 3.17. The molecule has 0 saturated heterocycles. The Morgan fingerprint density at radius 2 is 2.00 bits per heavy atom. The number of carbonyl (C=O) groups excluding carboxylic acids is 1. The standard InChI is InChI=1S/C15H13ClO3S/c1-18-11-4-6-13(19-2)10(9-11)3-5-12(17)14-7-8-15(16)20-14/h3-9H,1-2H3/b5-3+. The van der Waals surface area contributed by atoms with Crippen LogP contribution in [0.4, 0.5) is 0 Å². The number of thiophene rings is 1. The van der Waals surface area contributed by atoms with Gasteiger partial charge in [-0.25, -0.2) is 0 Å². The molecule has 0 bridgehead atoms. The van der Waals surface area contributed by atoms with E-state index >= 15 is 0 Å². The first-order chi connectivity index (χ1) is 9.63. The fraction of sp³-hybridized carbons (Fsp3) is 0.133. The van der Waals surface area contributed by atoms with Gasteiger partial charge < -0.3 is 9.47 Å². The van der Waals surface area contributed by atoms with Crippen molar-refractivity contribution in [3.05, 3.63) is 51.2 Å². The first-order valence-corrected chi connectivity index (χ1v) is 7.03. The van der Waals surface area contributed by atoms with Gasteiger partial charge in [0, 0.05) is 5.56 Å². The highest BCUT2D eigenvalue weighted by Crippen LogP contribution is 2.26. The van der Waals surface area contributed by atoms with Gasteiger partial charge in [0.25, 0.3) is 0 Å². The zero-order valence-corrected chi connectivity index (χ0v) is 12.6. The molecule has 0 aliphatic rings. The Morgan fingerprint density at radius 3 is 2.60 bits per heavy atom. The summed E-state index contributed by atoms with van der Waals surface area (Å²) in [5.41, 5.74) is 0.780. The Morgan fingerprint density at radius 1 is 1.20 bits per heavy atom. The van der Waals surface area contributed by atoms with E-state index in [1.54, 1.807) is 44.6 Å². The van der Waals surface area contributed by atoms with Gasteiger partial charge in [-0.1, -0.05) is 11.6 Å². The molecule has 0 fully saturated rings. The normalized spacial score (nSPS) is 10.8. The van der Waals surface area contributed by atoms with Crippen LogP contribution in [0.5, 0.6) is 11.5 Å². The highest BCUT2D eigenvalue weighted by atomic mass is 35.5. The van der Waals surface area contributed by atoms with E-state index in [0.717, 1.165) is 5.56 Å². The lowest BCUT2D eigenvalue weighted by Gasteiger charge is -2.06. The minimum atomic E-state index is -0.0910. The Labute approximate surface area is 126 Å². The summed E-state index contributed by atoms with van der Waals surface area (Å²) < 4.78 is 11.0. The van der Waals surface area contributed by atoms with Crippen molar-refractivity contribution in [2.24, 2.45) is 0 Å². The summed E-state index contributed by atoms with van der Waals surface area (Å²) in [5.74, 6) is 1.29. The lowest BCUT2D eigenvalue weighted by Crippen LogP contribution is -1.92. The lowest BCUT2D eigenvalue weighted by atomic mass is 10.1. The molecule has 0 amide bonds. The van der Waals surface area contributed by atoms with E-state index in [2.05, 4.69) is 0 Å². The number of halogens is 1. The second-order valence-corrected chi connectivity index (χ2v) is 5.62. The number of carbonyl (C=O) groups is 1. The monoisotopic (exact) mass is 308 g/mol. The van der Waals surface area contributed by atoms with Gasteiger partial charge in [0.1, 0.15) is 11.5 Å². The molecular weight excluding hydrogens is 296 g/mol. The van der Waals surface area contributed by atoms with Crippen molar-refractivity contribution in [1.29, 1.82) is 0 Å². The number of ether oxygens (including phenoxy) is 2. The van der Waals surface area contributed by atoms with E-state index < -0.39 is 0 Å². The topological polar surface area (TPSA) is 35.5 Å². The van der Waals surface area contributed by atoms with Crippen LogP contribution >= 0.6 is 22.9 Å². The fourth-order valence-electron chi connectivity index (χ4n) is 1.66. The maximum atomic E-state index is 12.0. The number of methoxy groups -OCH3 is 2. The van der Waals surface area contributed by atoms with Gasteiger partial charge in [-0.15, -0.1) is 11.3 Å². The molecule has 104 valence electrons. The molecule has 5 heteroatoms. The van der Waals surface area contributed by atoms with Gasteiger partial charge in [-0.3, -0.25) is 4.79 Å². The van der Waals surface area contributed by atoms with Gasteiger partial charge in [0.2, 0.25) is 0 Å². The molecule has 0 atom stereocenters. The molecule has 2 aromatic rings. The number of rotatable bonds is 5. The SMILES string of the molecule is COc1ccc(OC)c(/C=C/C(=O)c2ccc(Cl)s2)c1. The average Bonchev–Trinajstić information content (AvgIpc) is 2.91. The summed E-state index contributed by atoms with van der Waals surface area (Å²) in [6.07, 6.45) is 3.21. The average molecular weight is 309 g/mol. The minimum Gasteiger partial charge on any atom is -0.497 e. The van der Waals surface area contributed by atoms with E-state index in [4.69, 9.17) is 21.1 Å². The van der Waals surface area contributed by atoms with Crippen LogP contribution in [0.1, 0.15) is 15.2 Å². The van der Waals surface area contributed by atoms with E-state index in [-0.39, 0.29) is 5.78 Å². The Hall–Kier alpha value is -1.78. The third-order valence-corrected chi connectivity index (χ3v) is 3.91. The quantitative estimate of drug-likeness (QED) is 0.610. The molecule has 0 saturated carbocycles. The molecule has 0 radical (unpaired) electrons. The highest BCUT2D eigenvalue weighted by Gasteiger charge is 2.06. The van der Waals surface area contributed by atoms with Crippen molar-refractivity contribution >= 4 is 34.8 Å². The van der Waals surface area contributed by atoms with E-state index in [1.807, 2.05) is 6.07 Å². The maximum Gasteiger partial charge on any atom is 0.195 e. The van der Waals surface area contributed by atoms with E-state index in [0.29, 0.717) is 20.7 Å². The Balaban J connectivity index is 2.24. The van der Waals surface area contributed by atoms with Crippen LogP contribution in [0.15, 0.2) is 36.4 Å². The second kappa shape index (κ2) is 6.59. The third-order valence-electron chi connectivity index (χ3n) is 2.67. The summed E-state index contributed by atoms with van der Waals surface area (Å²) in [4.78, 5) is 12.6. The van der Waals surface area contributed by atoms with Gasteiger partial charge in [-0.05, 0) is 42.5 Å². The second-order valence-electron chi connectivity index (χ2n) is 3.91. The van der Waals surface area contributed by atoms with Crippen LogP contribution in [0.2, 0.25) is 4.34 Å². The Kier molecular flexibility index (Phi) is 4.82. The molecule has 0 spiro atoms. The molecule has 0 N–H and O–H groups in total. The molecule has 2 rings (SSSR count). The Bertz CT molecular complexity index is 646. The number of ketones is 1. The van der Waals surface area contributed by atoms with Crippen LogP contribution < -0.4 is 9.47 Å². The first-order valence-electron chi connectivity index (χ1n) is 5.84. The number of hydrogen-bond donors (Lipinski definition) is 0. The predicted octanol–water partition coefficient (Wildman–Crippen LogP) is 4.31. The third kappa shape index (κ3) is 3.40. The number of hydrogen-bond acceptors (Lipinski definition) is 4. The van der Waals surface area contributed by atoms with Crippen LogP contribution in [-0.2, 0) is 0 Å². The molecule has 1 heterocycles. The van der Waals surface area contributed by atoms with Crippen LogP contribution in [-0.4, -0.2) is 20.0 Å². The summed E-state index contributed by atoms with van der Waals surface area (Å²) in [6, 6.07) is 8.83. The van der Waals surface area contributed by atoms with E-state index in [9.17, 15) is 4.79 Å². The van der Waals surface area contributed by atoms with Crippen molar-refractivity contribution in [2.75, 3.05) is 14.2 Å². The molecule has 20 heavy (non-hydrogen) atoms. The largest absolute Gasteiger partial charge is 0.497 e. The zero-order valence-electron chi connectivity index (χ0n) is 11.1. The van der Waals surface area contributed by atoms with Gasteiger partial charge in [0.05, 0.1) is 23.4 Å². The van der Waals surface area contributed by atoms with Crippen molar-refractivity contribution in [1.82, 2.24) is 0 Å². The number of benzene rings is 1. The smallest absolute Gasteiger partial charge is 0.195 e. The predicted molar refractivity (Wildman–Crippen MR) is 82.2 cm³/mol. The summed E-state index contributed by atoms with van der Waals surface area (Å²) >= 11 is 7.07. The van der Waals surface area contributed by atoms with Gasteiger partial charge in [0.15, 0.2) is 5.78 Å². The fourth-order valence-corrected chi connectivity index (χ4v) is 2.63. The van der Waals surface area contributed by atoms with Crippen LogP contribution in [0, 0.1) is 0 Å². The summed E-state index contributed by atoms with van der Waals surface area (Å²) in [6.45, 7) is 0. The number of allylic oxidation sites excluding steroid dienone is 1. The van der Waals surface area contributed by atoms with Crippen molar-refractivity contribution in [3.63, 3.8) is 0 Å². The molecule has 0 aliphatic carbocycles. The van der Waals surface area contributed by atoms with Crippen molar-refractivity contribution in [3.8, 4) is 11.5 Å². The van der Waals surface area contributed by atoms with E-state index in [1.165, 1.54) is 17.4 Å². The van der Waals surface area contributed by atoms with Crippen molar-refractivity contribution in [2.45, 2.75) is 0 Å². The van der Waals surface area contributed by atoms with Crippen molar-refractivity contribution < 1.29 is 14.3 Å². The highest BCUT2D eigenvalue weighted by molar-refractivity contribution is 7.18. The molecule has 0 aliphatic heterocycles. The molecule has 1 aromatic carbocycles. The van der Waals surface area contributed by atoms with Crippen LogP contribution in [0.25, 0.3) is 6.08 Å². The molecule has 3 nitrogen and oxygen atoms in total. The van der Waals surface area contributed by atoms with Gasteiger partial charge >= 0.3 is 0 Å². The molecule has 0 unspecified atom stereocenters. The zero-order chi connectivity index (χ0) is 14.5. The van der Waals surface area contributed by atoms with Crippen LogP contribution in [0.3, 0.4) is 0 Å². The summed E-state index contributed by atoms with van der Waals surface area (Å²) in [5, 5.41) is 0.